The third-order valence-corrected chi connectivity index (χ3v) is 7.96. The van der Waals surface area contributed by atoms with Gasteiger partial charge in [-0.05, 0) is 84.4 Å². The lowest BCUT2D eigenvalue weighted by Gasteiger charge is -2.35. The monoisotopic (exact) mass is 765 g/mol. The molecule has 312 valence electrons. The predicted molar refractivity (Wildman–Crippen MR) is 224 cm³/mol. The molecule has 0 atom stereocenters. The van der Waals surface area contributed by atoms with Gasteiger partial charge in [0.1, 0.15) is 0 Å². The van der Waals surface area contributed by atoms with Crippen LogP contribution < -0.4 is 10.6 Å². The lowest BCUT2D eigenvalue weighted by Crippen LogP contribution is -2.37. The van der Waals surface area contributed by atoms with E-state index in [-0.39, 0.29) is 35.5 Å². The van der Waals surface area contributed by atoms with Gasteiger partial charge in [0.05, 0.1) is 26.4 Å². The lowest BCUT2D eigenvalue weighted by molar-refractivity contribution is -0.146. The maximum Gasteiger partial charge on any atom is 0.330 e. The van der Waals surface area contributed by atoms with E-state index in [9.17, 15) is 28.8 Å². The number of unbranched alkanes of at least 4 members (excludes halogenated alkanes) is 3. The molecule has 0 rings (SSSR count). The quantitative estimate of drug-likeness (QED) is 0.0526. The summed E-state index contributed by atoms with van der Waals surface area (Å²) in [6.45, 7) is 39.8. The molecular formula is C43H76N2O9. The third kappa shape index (κ3) is 43.8. The fraction of sp³-hybridized carbons (Fsp3) is 0.581. The number of hydrogen-bond donors (Lipinski definition) is 2. The topological polar surface area (TPSA) is 154 Å². The molecule has 54 heavy (non-hydrogen) atoms. The number of ketones is 3. The minimum absolute atomic E-state index is 0. The van der Waals surface area contributed by atoms with Crippen molar-refractivity contribution in [2.45, 2.75) is 114 Å². The van der Waals surface area contributed by atoms with Crippen molar-refractivity contribution in [3.63, 3.8) is 0 Å². The van der Waals surface area contributed by atoms with Gasteiger partial charge in [0.15, 0.2) is 17.3 Å². The molecule has 0 bridgehead atoms. The molecule has 0 saturated heterocycles. The SMILES string of the molecule is C=C(C)NCCCCCCNC(C)=O.C=CC(=O)OCC(CC)(CC)COCC(CC)(CC)COC(=O)C=C.C=CC(C)=O.C=CC(C)=O.C=CC(C)=O.[HH]. The van der Waals surface area contributed by atoms with E-state index in [0.717, 1.165) is 50.9 Å². The minimum atomic E-state index is -0.418. The molecule has 0 aromatic heterocycles. The van der Waals surface area contributed by atoms with Crippen molar-refractivity contribution < 1.29 is 44.4 Å². The van der Waals surface area contributed by atoms with Gasteiger partial charge in [-0.2, -0.15) is 0 Å². The zero-order chi connectivity index (χ0) is 43.0. The van der Waals surface area contributed by atoms with Crippen molar-refractivity contribution in [1.82, 2.24) is 10.6 Å². The number of amides is 1. The zero-order valence-electron chi connectivity index (χ0n) is 35.2. The first kappa shape index (κ1) is 58.9. The summed E-state index contributed by atoms with van der Waals surface area (Å²) in [4.78, 5) is 62.3. The Bertz CT molecular complexity index is 1040. The average Bonchev–Trinajstić information content (AvgIpc) is 3.15. The highest BCUT2D eigenvalue weighted by molar-refractivity contribution is 5.87. The van der Waals surface area contributed by atoms with Gasteiger partial charge in [-0.3, -0.25) is 19.2 Å². The first-order valence-corrected chi connectivity index (χ1v) is 18.5. The first-order chi connectivity index (χ1) is 25.3. The van der Waals surface area contributed by atoms with Gasteiger partial charge in [0.2, 0.25) is 5.91 Å². The van der Waals surface area contributed by atoms with Crippen molar-refractivity contribution in [2.75, 3.05) is 39.5 Å². The van der Waals surface area contributed by atoms with Crippen LogP contribution in [0.1, 0.15) is 115 Å². The van der Waals surface area contributed by atoms with Crippen LogP contribution >= 0.6 is 0 Å². The van der Waals surface area contributed by atoms with Crippen molar-refractivity contribution in [2.24, 2.45) is 10.8 Å². The van der Waals surface area contributed by atoms with Gasteiger partial charge in [-0.25, -0.2) is 9.59 Å². The van der Waals surface area contributed by atoms with Crippen LogP contribution in [0.2, 0.25) is 0 Å². The number of carbonyl (C=O) groups is 6. The molecule has 11 nitrogen and oxygen atoms in total. The van der Waals surface area contributed by atoms with Gasteiger partial charge in [0, 0.05) is 50.1 Å². The number of carbonyl (C=O) groups excluding carboxylic acids is 6. The smallest absolute Gasteiger partial charge is 0.330 e. The van der Waals surface area contributed by atoms with E-state index < -0.39 is 11.9 Å². The summed E-state index contributed by atoms with van der Waals surface area (Å²) in [6, 6.07) is 0. The Labute approximate surface area is 329 Å². The summed E-state index contributed by atoms with van der Waals surface area (Å²) in [5, 5.41) is 5.98. The molecule has 1 amide bonds. The Morgan fingerprint density at radius 1 is 0.519 bits per heavy atom. The van der Waals surface area contributed by atoms with E-state index in [2.05, 4.69) is 77.8 Å². The number of nitrogens with one attached hydrogen (secondary N) is 2. The highest BCUT2D eigenvalue weighted by Crippen LogP contribution is 2.31. The fourth-order valence-electron chi connectivity index (χ4n) is 3.62. The second-order valence-corrected chi connectivity index (χ2v) is 12.6. The molecule has 0 spiro atoms. The van der Waals surface area contributed by atoms with E-state index in [1.165, 1.54) is 70.4 Å². The van der Waals surface area contributed by atoms with Gasteiger partial charge < -0.3 is 24.8 Å². The highest BCUT2D eigenvalue weighted by Gasteiger charge is 2.32. The molecule has 0 heterocycles. The summed E-state index contributed by atoms with van der Waals surface area (Å²) in [5.74, 6) is -0.716. The van der Waals surface area contributed by atoms with E-state index in [0.29, 0.717) is 26.4 Å². The second-order valence-electron chi connectivity index (χ2n) is 12.6. The molecule has 0 radical (unpaired) electrons. The Balaban J connectivity index is -0.000000166. The highest BCUT2D eigenvalue weighted by atomic mass is 16.5. The summed E-state index contributed by atoms with van der Waals surface area (Å²) >= 11 is 0. The molecule has 0 saturated carbocycles. The summed E-state index contributed by atoms with van der Waals surface area (Å²) in [5.41, 5.74) is 0.594. The van der Waals surface area contributed by atoms with E-state index >= 15 is 0 Å². The van der Waals surface area contributed by atoms with Gasteiger partial charge in [0.25, 0.3) is 0 Å². The minimum Gasteiger partial charge on any atom is -0.462 e. The molecule has 2 N–H and O–H groups in total. The number of esters is 2. The van der Waals surface area contributed by atoms with E-state index in [4.69, 9.17) is 14.2 Å². The van der Waals surface area contributed by atoms with E-state index in [1.54, 1.807) is 6.92 Å². The standard InChI is InChI=1S/C20H34O5.C11H22N2O.3C4H6O.H2/c1-7-17(21)24-15-19(9-3,10-4)13-23-14-20(11-5,12-6)16-25-18(22)8-2;1-10(2)12-8-6-4-5-7-9-13-11(3)14;3*1-3-4(2)5;/h7-8H,1-2,9-16H2,3-6H3;12H,1,4-9H2,2-3H3,(H,13,14);3*3H,1H2,2H3;1H. The van der Waals surface area contributed by atoms with Gasteiger partial charge in [-0.15, -0.1) is 0 Å². The number of ether oxygens (including phenoxy) is 3. The number of rotatable bonds is 25. The van der Waals surface area contributed by atoms with Crippen LogP contribution in [0.5, 0.6) is 0 Å². The molecule has 0 fully saturated rings. The van der Waals surface area contributed by atoms with Crippen LogP contribution in [-0.2, 0) is 43.0 Å². The molecule has 0 aliphatic rings. The maximum absolute atomic E-state index is 11.4. The van der Waals surface area contributed by atoms with Gasteiger partial charge >= 0.3 is 11.9 Å². The molecule has 0 aromatic rings. The average molecular weight is 765 g/mol. The molecule has 0 aliphatic heterocycles. The van der Waals surface area contributed by atoms with Crippen LogP contribution in [0.15, 0.2) is 75.6 Å². The van der Waals surface area contributed by atoms with Gasteiger partial charge in [-0.1, -0.05) is 80.0 Å². The Morgan fingerprint density at radius 2 is 0.815 bits per heavy atom. The maximum atomic E-state index is 11.4. The van der Waals surface area contributed by atoms with Crippen LogP contribution in [0, 0.1) is 10.8 Å². The molecular weight excluding hydrogens is 688 g/mol. The number of allylic oxidation sites excluding steroid dienone is 4. The lowest BCUT2D eigenvalue weighted by atomic mass is 9.82. The van der Waals surface area contributed by atoms with E-state index in [1.807, 2.05) is 6.92 Å². The summed E-state index contributed by atoms with van der Waals surface area (Å²) < 4.78 is 16.5. The Morgan fingerprint density at radius 3 is 1.04 bits per heavy atom. The van der Waals surface area contributed by atoms with Crippen molar-refractivity contribution in [3.8, 4) is 0 Å². The Hall–Kier alpha value is -4.38. The normalized spacial score (nSPS) is 9.72. The summed E-state index contributed by atoms with van der Waals surface area (Å²) in [6.07, 6.45) is 14.2. The molecule has 0 aliphatic carbocycles. The van der Waals surface area contributed by atoms with Crippen LogP contribution in [0.4, 0.5) is 0 Å². The molecule has 0 unspecified atom stereocenters. The first-order valence-electron chi connectivity index (χ1n) is 18.5. The largest absolute Gasteiger partial charge is 0.462 e. The van der Waals surface area contributed by atoms with Crippen molar-refractivity contribution in [3.05, 3.63) is 75.6 Å². The predicted octanol–water partition coefficient (Wildman–Crippen LogP) is 8.41. The molecule has 11 heteroatoms. The second kappa shape index (κ2) is 39.8. The summed E-state index contributed by atoms with van der Waals surface area (Å²) in [7, 11) is 0. The van der Waals surface area contributed by atoms with Crippen LogP contribution in [-0.4, -0.2) is 74.7 Å². The van der Waals surface area contributed by atoms with Crippen molar-refractivity contribution >= 4 is 35.2 Å². The Kier molecular flexibility index (Phi) is 43.4. The van der Waals surface area contributed by atoms with Crippen LogP contribution in [0.25, 0.3) is 0 Å². The van der Waals surface area contributed by atoms with Crippen molar-refractivity contribution in [1.29, 1.82) is 0 Å². The molecule has 0 aromatic carbocycles. The van der Waals surface area contributed by atoms with Crippen LogP contribution in [0.3, 0.4) is 0 Å². The number of hydrogen-bond acceptors (Lipinski definition) is 10. The third-order valence-electron chi connectivity index (χ3n) is 7.96. The fourth-order valence-corrected chi connectivity index (χ4v) is 3.62. The zero-order valence-corrected chi connectivity index (χ0v) is 35.2.